The highest BCUT2D eigenvalue weighted by atomic mass is 35.5. The van der Waals surface area contributed by atoms with Crippen LogP contribution in [0.4, 0.5) is 17.6 Å². The maximum Gasteiger partial charge on any atom is 0.421 e. The highest BCUT2D eigenvalue weighted by Crippen LogP contribution is 2.31. The van der Waals surface area contributed by atoms with Crippen LogP contribution in [0.25, 0.3) is 0 Å². The van der Waals surface area contributed by atoms with Crippen LogP contribution in [0, 0.1) is 5.82 Å². The van der Waals surface area contributed by atoms with E-state index in [1.54, 1.807) is 0 Å². The zero-order valence-corrected chi connectivity index (χ0v) is 10.6. The summed E-state index contributed by atoms with van der Waals surface area (Å²) in [7, 11) is 0. The van der Waals surface area contributed by atoms with E-state index in [1.165, 1.54) is 6.07 Å². The number of hydrogen-bond donors (Lipinski definition) is 3. The first kappa shape index (κ1) is 14.6. The molecule has 0 saturated carbocycles. The Kier molecular flexibility index (Phi) is 3.39. The molecule has 5 N–H and O–H groups in total. The lowest BCUT2D eigenvalue weighted by atomic mass is 10.1. The minimum absolute atomic E-state index is 0.171. The van der Waals surface area contributed by atoms with Gasteiger partial charge in [0, 0.05) is 11.8 Å². The number of hydrogen-bond acceptors (Lipinski definition) is 4. The van der Waals surface area contributed by atoms with Crippen molar-refractivity contribution in [3.8, 4) is 0 Å². The molecule has 0 spiro atoms. The zero-order chi connectivity index (χ0) is 15.1. The fraction of sp³-hybridized carbons (Fsp3) is 0.182. The highest BCUT2D eigenvalue weighted by molar-refractivity contribution is 6.30. The summed E-state index contributed by atoms with van der Waals surface area (Å²) in [6.45, 7) is 0. The average Bonchev–Trinajstić information content (AvgIpc) is 2.30. The minimum atomic E-state index is -4.65. The molecular weight excluding hydrogens is 300 g/mol. The number of amidine groups is 1. The largest absolute Gasteiger partial charge is 0.421 e. The predicted octanol–water partition coefficient (Wildman–Crippen LogP) is 1.95. The first-order chi connectivity index (χ1) is 9.13. The predicted molar refractivity (Wildman–Crippen MR) is 66.2 cm³/mol. The van der Waals surface area contributed by atoms with Crippen LogP contribution in [0.5, 0.6) is 0 Å². The molecule has 1 heterocycles. The second-order valence-electron chi connectivity index (χ2n) is 4.09. The van der Waals surface area contributed by atoms with E-state index in [-0.39, 0.29) is 10.6 Å². The number of aliphatic imine (C=N–C) groups is 1. The molecule has 0 saturated heterocycles. The maximum absolute atomic E-state index is 13.1. The quantitative estimate of drug-likeness (QED) is 0.694. The Bertz CT molecular complexity index is 611. The minimum Gasteiger partial charge on any atom is -0.383 e. The fourth-order valence-corrected chi connectivity index (χ4v) is 1.83. The van der Waals surface area contributed by atoms with Crippen LogP contribution in [0.1, 0.15) is 5.56 Å². The van der Waals surface area contributed by atoms with E-state index in [0.717, 1.165) is 12.1 Å². The summed E-state index contributed by atoms with van der Waals surface area (Å²) < 4.78 is 50.8. The first-order valence-corrected chi connectivity index (χ1v) is 5.66. The number of nitrogens with two attached hydrogens (primary N) is 2. The van der Waals surface area contributed by atoms with Crippen LogP contribution in [-0.2, 0) is 5.79 Å². The van der Waals surface area contributed by atoms with Gasteiger partial charge < -0.3 is 11.1 Å². The summed E-state index contributed by atoms with van der Waals surface area (Å²) in [5.74, 6) is -3.19. The number of nitrogens with one attached hydrogen (secondary N) is 1. The Hall–Kier alpha value is -1.80. The summed E-state index contributed by atoms with van der Waals surface area (Å²) in [5, 5.41) is 2.06. The first-order valence-electron chi connectivity index (χ1n) is 5.28. The molecule has 0 aliphatic carbocycles. The SMILES string of the molecule is NC1=NC(N)(c2ccc(F)c(Cl)c2)NC=C1C(F)(F)F. The van der Waals surface area contributed by atoms with Crippen molar-refractivity contribution in [3.63, 3.8) is 0 Å². The van der Waals surface area contributed by atoms with E-state index in [0.29, 0.717) is 6.20 Å². The number of halogens is 5. The topological polar surface area (TPSA) is 76.4 Å². The van der Waals surface area contributed by atoms with Gasteiger partial charge in [-0.15, -0.1) is 0 Å². The summed E-state index contributed by atoms with van der Waals surface area (Å²) in [5.41, 5.74) is 10.1. The van der Waals surface area contributed by atoms with Gasteiger partial charge in [0.2, 0.25) is 5.79 Å². The smallest absolute Gasteiger partial charge is 0.383 e. The van der Waals surface area contributed by atoms with Gasteiger partial charge >= 0.3 is 6.18 Å². The molecule has 0 bridgehead atoms. The Morgan fingerprint density at radius 1 is 1.30 bits per heavy atom. The van der Waals surface area contributed by atoms with Crippen LogP contribution in [0.2, 0.25) is 5.02 Å². The lowest BCUT2D eigenvalue weighted by molar-refractivity contribution is -0.0870. The molecule has 4 nitrogen and oxygen atoms in total. The molecule has 1 unspecified atom stereocenters. The monoisotopic (exact) mass is 308 g/mol. The van der Waals surface area contributed by atoms with Crippen LogP contribution < -0.4 is 16.8 Å². The third-order valence-electron chi connectivity index (χ3n) is 2.67. The Balaban J connectivity index is 2.40. The van der Waals surface area contributed by atoms with Gasteiger partial charge in [-0.05, 0) is 12.1 Å². The molecule has 108 valence electrons. The molecule has 20 heavy (non-hydrogen) atoms. The summed E-state index contributed by atoms with van der Waals surface area (Å²) in [4.78, 5) is 3.59. The molecule has 0 amide bonds. The molecule has 2 rings (SSSR count). The van der Waals surface area contributed by atoms with Gasteiger partial charge in [-0.25, -0.2) is 9.38 Å². The standard InChI is InChI=1S/C11H9ClF4N4/c12-7-3-5(1-2-8(7)13)11(18)19-4-6(9(17)20-11)10(14,15)16/h1-4,19H,18H2,(H2,17,20). The van der Waals surface area contributed by atoms with Gasteiger partial charge in [0.1, 0.15) is 17.2 Å². The molecule has 1 atom stereocenters. The van der Waals surface area contributed by atoms with Crippen molar-refractivity contribution in [3.05, 3.63) is 46.4 Å². The molecule has 0 fully saturated rings. The zero-order valence-electron chi connectivity index (χ0n) is 9.80. The number of nitrogens with zero attached hydrogens (tertiary/aromatic N) is 1. The van der Waals surface area contributed by atoms with Crippen LogP contribution in [0.3, 0.4) is 0 Å². The van der Waals surface area contributed by atoms with Crippen LogP contribution in [0.15, 0.2) is 35.0 Å². The van der Waals surface area contributed by atoms with E-state index in [1.807, 2.05) is 0 Å². The lowest BCUT2D eigenvalue weighted by Crippen LogP contribution is -2.51. The highest BCUT2D eigenvalue weighted by Gasteiger charge is 2.41. The van der Waals surface area contributed by atoms with Gasteiger partial charge in [-0.2, -0.15) is 13.2 Å². The van der Waals surface area contributed by atoms with E-state index in [4.69, 9.17) is 23.1 Å². The van der Waals surface area contributed by atoms with Gasteiger partial charge in [0.25, 0.3) is 0 Å². The number of rotatable bonds is 1. The third kappa shape index (κ3) is 2.56. The summed E-state index contributed by atoms with van der Waals surface area (Å²) >= 11 is 5.60. The van der Waals surface area contributed by atoms with Crippen LogP contribution in [-0.4, -0.2) is 12.0 Å². The second kappa shape index (κ2) is 4.64. The maximum atomic E-state index is 13.1. The lowest BCUT2D eigenvalue weighted by Gasteiger charge is -2.31. The molecule has 0 aromatic heterocycles. The van der Waals surface area contributed by atoms with E-state index < -0.39 is 29.2 Å². The third-order valence-corrected chi connectivity index (χ3v) is 2.96. The van der Waals surface area contributed by atoms with Crippen molar-refractivity contribution in [1.82, 2.24) is 5.32 Å². The normalized spacial score (nSPS) is 22.9. The average molecular weight is 309 g/mol. The Morgan fingerprint density at radius 3 is 2.45 bits per heavy atom. The van der Waals surface area contributed by atoms with Crippen molar-refractivity contribution < 1.29 is 17.6 Å². The van der Waals surface area contributed by atoms with Crippen molar-refractivity contribution in [2.24, 2.45) is 16.5 Å². The van der Waals surface area contributed by atoms with E-state index in [2.05, 4.69) is 10.3 Å². The summed E-state index contributed by atoms with van der Waals surface area (Å²) in [6, 6.07) is 3.44. The van der Waals surface area contributed by atoms with E-state index >= 15 is 0 Å². The molecule has 9 heteroatoms. The van der Waals surface area contributed by atoms with Gasteiger partial charge in [0.05, 0.1) is 5.02 Å². The molecule has 1 aromatic carbocycles. The Labute approximate surface area is 116 Å². The summed E-state index contributed by atoms with van der Waals surface area (Å²) in [6.07, 6.45) is -4.03. The second-order valence-corrected chi connectivity index (χ2v) is 4.50. The fourth-order valence-electron chi connectivity index (χ4n) is 1.65. The van der Waals surface area contributed by atoms with Crippen molar-refractivity contribution >= 4 is 17.4 Å². The molecular formula is C11H9ClF4N4. The van der Waals surface area contributed by atoms with Crippen molar-refractivity contribution in [2.45, 2.75) is 12.0 Å². The van der Waals surface area contributed by atoms with E-state index in [9.17, 15) is 17.6 Å². The van der Waals surface area contributed by atoms with Crippen molar-refractivity contribution in [2.75, 3.05) is 0 Å². The number of benzene rings is 1. The van der Waals surface area contributed by atoms with Gasteiger partial charge in [-0.3, -0.25) is 5.73 Å². The molecule has 1 aliphatic rings. The van der Waals surface area contributed by atoms with Crippen molar-refractivity contribution in [1.29, 1.82) is 0 Å². The van der Waals surface area contributed by atoms with Crippen LogP contribution >= 0.6 is 11.6 Å². The Morgan fingerprint density at radius 2 is 1.95 bits per heavy atom. The van der Waals surface area contributed by atoms with Gasteiger partial charge in [-0.1, -0.05) is 17.7 Å². The number of alkyl halides is 3. The molecule has 1 aliphatic heterocycles. The molecule has 1 aromatic rings. The van der Waals surface area contributed by atoms with Gasteiger partial charge in [0.15, 0.2) is 0 Å². The molecule has 0 radical (unpaired) electrons.